The van der Waals surface area contributed by atoms with Crippen LogP contribution in [0.3, 0.4) is 0 Å². The van der Waals surface area contributed by atoms with Gasteiger partial charge in [-0.3, -0.25) is 4.79 Å². The Morgan fingerprint density at radius 3 is 1.53 bits per heavy atom. The number of hydrogen-bond acceptors (Lipinski definition) is 8. The Kier molecular flexibility index (Phi) is 10.8. The highest BCUT2D eigenvalue weighted by Gasteiger charge is 2.02. The van der Waals surface area contributed by atoms with E-state index in [9.17, 15) is 4.79 Å². The summed E-state index contributed by atoms with van der Waals surface area (Å²) in [6.07, 6.45) is 2.93. The Morgan fingerprint density at radius 1 is 0.694 bits per heavy atom. The standard InChI is InChI=1S/C28H31NO7/c1-3-31-28(30)6-4-5-19-32-23-11-13-25(14-12-23)35-21-36-27-17-15-26(16-18-27)34-20-33-24-9-7-22(29-2)8-10-24/h3,7-18,29H,1,4-6,19-21H2,2H3. The number of anilines is 1. The molecule has 0 saturated heterocycles. The quantitative estimate of drug-likeness (QED) is 0.116. The fraction of sp³-hybridized carbons (Fsp3) is 0.250. The van der Waals surface area contributed by atoms with Gasteiger partial charge in [-0.1, -0.05) is 6.58 Å². The summed E-state index contributed by atoms with van der Waals surface area (Å²) in [4.78, 5) is 11.2. The zero-order valence-corrected chi connectivity index (χ0v) is 20.3. The number of esters is 1. The zero-order chi connectivity index (χ0) is 25.4. The Balaban J connectivity index is 1.29. The van der Waals surface area contributed by atoms with E-state index in [4.69, 9.17) is 23.7 Å². The van der Waals surface area contributed by atoms with E-state index < -0.39 is 0 Å². The van der Waals surface area contributed by atoms with Gasteiger partial charge >= 0.3 is 5.97 Å². The third kappa shape index (κ3) is 9.50. The van der Waals surface area contributed by atoms with Gasteiger partial charge in [0.2, 0.25) is 13.6 Å². The second kappa shape index (κ2) is 14.8. The molecular formula is C28H31NO7. The third-order valence-electron chi connectivity index (χ3n) is 4.95. The molecular weight excluding hydrogens is 462 g/mol. The van der Waals surface area contributed by atoms with Crippen LogP contribution >= 0.6 is 0 Å². The van der Waals surface area contributed by atoms with Gasteiger partial charge in [-0.15, -0.1) is 0 Å². The van der Waals surface area contributed by atoms with Crippen LogP contribution in [0, 0.1) is 0 Å². The van der Waals surface area contributed by atoms with Gasteiger partial charge in [0, 0.05) is 19.2 Å². The smallest absolute Gasteiger partial charge is 0.310 e. The monoisotopic (exact) mass is 493 g/mol. The lowest BCUT2D eigenvalue weighted by atomic mass is 10.2. The number of ether oxygens (including phenoxy) is 6. The fourth-order valence-electron chi connectivity index (χ4n) is 3.03. The molecule has 8 nitrogen and oxygen atoms in total. The van der Waals surface area contributed by atoms with Crippen LogP contribution in [0.1, 0.15) is 19.3 Å². The molecule has 0 aliphatic rings. The van der Waals surface area contributed by atoms with Crippen LogP contribution in [0.5, 0.6) is 28.7 Å². The van der Waals surface area contributed by atoms with Gasteiger partial charge in [0.15, 0.2) is 0 Å². The molecule has 190 valence electrons. The van der Waals surface area contributed by atoms with Gasteiger partial charge in [-0.25, -0.2) is 0 Å². The van der Waals surface area contributed by atoms with E-state index in [2.05, 4.69) is 16.6 Å². The molecule has 0 fully saturated rings. The minimum absolute atomic E-state index is 0.0624. The SMILES string of the molecule is C=COC(=O)CCCCOc1ccc(OCOc2ccc(OCOc3ccc(NC)cc3)cc2)cc1. The number of nitrogens with one attached hydrogen (secondary N) is 1. The number of benzene rings is 3. The molecule has 0 bridgehead atoms. The second-order valence-corrected chi connectivity index (χ2v) is 7.49. The van der Waals surface area contributed by atoms with E-state index in [0.29, 0.717) is 36.7 Å². The predicted octanol–water partition coefficient (Wildman–Crippen LogP) is 5.79. The molecule has 3 aromatic rings. The zero-order valence-electron chi connectivity index (χ0n) is 20.3. The molecule has 0 radical (unpaired) electrons. The summed E-state index contributed by atoms with van der Waals surface area (Å²) in [6.45, 7) is 4.03. The third-order valence-corrected chi connectivity index (χ3v) is 4.95. The molecule has 0 spiro atoms. The van der Waals surface area contributed by atoms with E-state index in [1.54, 1.807) is 24.3 Å². The van der Waals surface area contributed by atoms with Crippen LogP contribution in [0.15, 0.2) is 85.6 Å². The maximum absolute atomic E-state index is 11.2. The number of hydrogen-bond donors (Lipinski definition) is 1. The molecule has 0 heterocycles. The lowest BCUT2D eigenvalue weighted by Crippen LogP contribution is -2.07. The normalized spacial score (nSPS) is 10.1. The number of carbonyl (C=O) groups is 1. The number of unbranched alkanes of at least 4 members (excludes halogenated alkanes) is 1. The van der Waals surface area contributed by atoms with Crippen molar-refractivity contribution >= 4 is 11.7 Å². The second-order valence-electron chi connectivity index (χ2n) is 7.49. The maximum atomic E-state index is 11.2. The largest absolute Gasteiger partial charge is 0.494 e. The van der Waals surface area contributed by atoms with Crippen LogP contribution in [-0.4, -0.2) is 33.2 Å². The van der Waals surface area contributed by atoms with Crippen molar-refractivity contribution in [2.45, 2.75) is 19.3 Å². The average Bonchev–Trinajstić information content (AvgIpc) is 2.91. The van der Waals surface area contributed by atoms with Crippen molar-refractivity contribution in [1.29, 1.82) is 0 Å². The van der Waals surface area contributed by atoms with Crippen LogP contribution in [-0.2, 0) is 9.53 Å². The number of rotatable bonds is 16. The first-order valence-electron chi connectivity index (χ1n) is 11.6. The summed E-state index contributed by atoms with van der Waals surface area (Å²) in [6, 6.07) is 22.1. The van der Waals surface area contributed by atoms with E-state index in [-0.39, 0.29) is 19.6 Å². The highest BCUT2D eigenvalue weighted by molar-refractivity contribution is 5.69. The van der Waals surface area contributed by atoms with E-state index in [1.807, 2.05) is 55.6 Å². The molecule has 0 atom stereocenters. The minimum atomic E-state index is -0.282. The van der Waals surface area contributed by atoms with Gasteiger partial charge in [0.25, 0.3) is 0 Å². The van der Waals surface area contributed by atoms with Gasteiger partial charge in [0.05, 0.1) is 12.9 Å². The van der Waals surface area contributed by atoms with Crippen molar-refractivity contribution in [3.8, 4) is 28.7 Å². The fourth-order valence-corrected chi connectivity index (χ4v) is 3.03. The van der Waals surface area contributed by atoms with Crippen molar-refractivity contribution in [3.63, 3.8) is 0 Å². The summed E-state index contributed by atoms with van der Waals surface area (Å²) >= 11 is 0. The molecule has 3 rings (SSSR count). The number of carbonyl (C=O) groups excluding carboxylic acids is 1. The highest BCUT2D eigenvalue weighted by Crippen LogP contribution is 2.21. The van der Waals surface area contributed by atoms with Crippen molar-refractivity contribution in [3.05, 3.63) is 85.6 Å². The summed E-state index contributed by atoms with van der Waals surface area (Å²) < 4.78 is 32.8. The molecule has 0 saturated carbocycles. The van der Waals surface area contributed by atoms with Gasteiger partial charge in [-0.2, -0.15) is 0 Å². The topological polar surface area (TPSA) is 84.5 Å². The van der Waals surface area contributed by atoms with Crippen LogP contribution in [0.2, 0.25) is 0 Å². The summed E-state index contributed by atoms with van der Waals surface area (Å²) in [7, 11) is 1.87. The minimum Gasteiger partial charge on any atom is -0.494 e. The lowest BCUT2D eigenvalue weighted by Gasteiger charge is -2.11. The van der Waals surface area contributed by atoms with E-state index in [1.165, 1.54) is 0 Å². The highest BCUT2D eigenvalue weighted by atomic mass is 16.7. The Labute approximate surface area is 211 Å². The molecule has 0 aliphatic heterocycles. The van der Waals surface area contributed by atoms with Crippen LogP contribution in [0.4, 0.5) is 5.69 Å². The van der Waals surface area contributed by atoms with E-state index >= 15 is 0 Å². The summed E-state index contributed by atoms with van der Waals surface area (Å²) in [5.74, 6) is 3.16. The van der Waals surface area contributed by atoms with Crippen molar-refractivity contribution in [2.24, 2.45) is 0 Å². The van der Waals surface area contributed by atoms with Crippen molar-refractivity contribution in [2.75, 3.05) is 32.6 Å². The van der Waals surface area contributed by atoms with Gasteiger partial charge in [-0.05, 0) is 85.6 Å². The van der Waals surface area contributed by atoms with E-state index in [0.717, 1.165) is 29.9 Å². The molecule has 1 N–H and O–H groups in total. The van der Waals surface area contributed by atoms with Crippen molar-refractivity contribution in [1.82, 2.24) is 0 Å². The Hall–Kier alpha value is -4.33. The Morgan fingerprint density at radius 2 is 1.11 bits per heavy atom. The van der Waals surface area contributed by atoms with Crippen molar-refractivity contribution < 1.29 is 33.2 Å². The molecule has 0 aliphatic carbocycles. The summed E-state index contributed by atoms with van der Waals surface area (Å²) in [5, 5.41) is 3.06. The van der Waals surface area contributed by atoms with Crippen LogP contribution in [0.25, 0.3) is 0 Å². The average molecular weight is 494 g/mol. The molecule has 3 aromatic carbocycles. The first-order chi connectivity index (χ1) is 17.7. The maximum Gasteiger partial charge on any atom is 0.310 e. The molecule has 8 heteroatoms. The lowest BCUT2D eigenvalue weighted by molar-refractivity contribution is -0.138. The van der Waals surface area contributed by atoms with Crippen LogP contribution < -0.4 is 29.0 Å². The Bertz CT molecular complexity index is 1050. The molecule has 0 amide bonds. The first kappa shape index (κ1) is 26.3. The summed E-state index contributed by atoms with van der Waals surface area (Å²) in [5.41, 5.74) is 1.02. The predicted molar refractivity (Wildman–Crippen MR) is 137 cm³/mol. The first-order valence-corrected chi connectivity index (χ1v) is 11.6. The molecule has 0 aromatic heterocycles. The van der Waals surface area contributed by atoms with Gasteiger partial charge in [0.1, 0.15) is 28.7 Å². The molecule has 0 unspecified atom stereocenters. The molecule has 36 heavy (non-hydrogen) atoms. The van der Waals surface area contributed by atoms with Gasteiger partial charge < -0.3 is 33.7 Å².